The Hall–Kier alpha value is -3.20. The van der Waals surface area contributed by atoms with Gasteiger partial charge in [0.25, 0.3) is 5.82 Å². The highest BCUT2D eigenvalue weighted by atomic mass is 35.5. The second-order valence-corrected chi connectivity index (χ2v) is 5.86. The number of aromatic amines is 1. The molecule has 1 aromatic carbocycles. The Morgan fingerprint density at radius 1 is 1.33 bits per heavy atom. The maximum atomic E-state index is 12.2. The third-order valence-electron chi connectivity index (χ3n) is 3.62. The molecule has 2 heterocycles. The zero-order chi connectivity index (χ0) is 19.4. The first-order valence-corrected chi connectivity index (χ1v) is 8.46. The fraction of sp³-hybridized carbons (Fsp3) is 0.235. The van der Waals surface area contributed by atoms with Crippen LogP contribution in [0.15, 0.2) is 30.6 Å². The van der Waals surface area contributed by atoms with Crippen LogP contribution in [0.4, 0.5) is 11.4 Å². The molecule has 0 amide bonds. The number of nitrogens with zero attached hydrogens (tertiary/aromatic N) is 4. The minimum absolute atomic E-state index is 0.0260. The molecule has 0 aliphatic heterocycles. The van der Waals surface area contributed by atoms with E-state index in [9.17, 15) is 4.79 Å². The standard InChI is InChI=1S/C17H17ClN6O3/c1-4-27-17(25)14-12(8-13(18)21-22-14)20-11-7-5-6-10(15(11)26-3)16-19-9-24(2)23-16/h5-9H,4H2,1-3H3,(H,20,21,25)/p+1. The second-order valence-electron chi connectivity index (χ2n) is 5.48. The van der Waals surface area contributed by atoms with Crippen LogP contribution in [0.3, 0.4) is 0 Å². The number of carbonyl (C=O) groups is 1. The van der Waals surface area contributed by atoms with Gasteiger partial charge in [-0.2, -0.15) is 9.78 Å². The number of hydrogen-bond donors (Lipinski definition) is 2. The molecule has 0 radical (unpaired) electrons. The van der Waals surface area contributed by atoms with E-state index in [4.69, 9.17) is 21.1 Å². The molecule has 3 rings (SSSR count). The number of rotatable bonds is 6. The number of H-pyrrole nitrogens is 1. The summed E-state index contributed by atoms with van der Waals surface area (Å²) in [4.78, 5) is 16.5. The predicted octanol–water partition coefficient (Wildman–Crippen LogP) is 2.27. The molecule has 0 fully saturated rings. The lowest BCUT2D eigenvalue weighted by Crippen LogP contribution is -2.28. The number of ether oxygens (including phenoxy) is 2. The van der Waals surface area contributed by atoms with Crippen molar-refractivity contribution >= 4 is 28.9 Å². The van der Waals surface area contributed by atoms with E-state index in [1.165, 1.54) is 6.07 Å². The van der Waals surface area contributed by atoms with E-state index >= 15 is 0 Å². The Morgan fingerprint density at radius 3 is 2.81 bits per heavy atom. The van der Waals surface area contributed by atoms with E-state index in [1.807, 2.05) is 19.2 Å². The van der Waals surface area contributed by atoms with E-state index in [1.54, 1.807) is 31.1 Å². The predicted molar refractivity (Wildman–Crippen MR) is 98.0 cm³/mol. The molecule has 10 heteroatoms. The summed E-state index contributed by atoms with van der Waals surface area (Å²) in [6, 6.07) is 7.00. The number of anilines is 2. The smallest absolute Gasteiger partial charge is 0.361 e. The lowest BCUT2D eigenvalue weighted by Gasteiger charge is -2.14. The van der Waals surface area contributed by atoms with Gasteiger partial charge in [-0.15, -0.1) is 10.2 Å². The van der Waals surface area contributed by atoms with Crippen molar-refractivity contribution < 1.29 is 19.0 Å². The Balaban J connectivity index is 2.04. The largest absolute Gasteiger partial charge is 0.494 e. The molecule has 0 aliphatic carbocycles. The van der Waals surface area contributed by atoms with Gasteiger partial charge in [-0.25, -0.2) is 4.79 Å². The van der Waals surface area contributed by atoms with Gasteiger partial charge in [-0.1, -0.05) is 17.7 Å². The van der Waals surface area contributed by atoms with Gasteiger partial charge >= 0.3 is 12.3 Å². The van der Waals surface area contributed by atoms with Crippen LogP contribution in [-0.4, -0.2) is 40.0 Å². The van der Waals surface area contributed by atoms with Crippen molar-refractivity contribution in [2.24, 2.45) is 7.05 Å². The van der Waals surface area contributed by atoms with E-state index < -0.39 is 5.97 Å². The summed E-state index contributed by atoms with van der Waals surface area (Å²) in [7, 11) is 3.39. The summed E-state index contributed by atoms with van der Waals surface area (Å²) >= 11 is 5.95. The normalized spacial score (nSPS) is 10.5. The van der Waals surface area contributed by atoms with Gasteiger partial charge in [0.1, 0.15) is 7.05 Å². The van der Waals surface area contributed by atoms with E-state index in [2.05, 4.69) is 25.6 Å². The van der Waals surface area contributed by atoms with Crippen molar-refractivity contribution in [3.05, 3.63) is 41.4 Å². The van der Waals surface area contributed by atoms with E-state index in [0.717, 1.165) is 5.56 Å². The summed E-state index contributed by atoms with van der Waals surface area (Å²) in [5.41, 5.74) is 1.73. The lowest BCUT2D eigenvalue weighted by atomic mass is 10.1. The van der Waals surface area contributed by atoms with Gasteiger partial charge < -0.3 is 14.8 Å². The first kappa shape index (κ1) is 18.6. The van der Waals surface area contributed by atoms with Crippen molar-refractivity contribution in [3.8, 4) is 17.1 Å². The quantitative estimate of drug-likeness (QED) is 0.492. The van der Waals surface area contributed by atoms with Crippen LogP contribution in [-0.2, 0) is 11.8 Å². The first-order valence-electron chi connectivity index (χ1n) is 8.08. The number of methoxy groups -OCH3 is 1. The van der Waals surface area contributed by atoms with Crippen LogP contribution in [0.5, 0.6) is 5.75 Å². The van der Waals surface area contributed by atoms with Gasteiger partial charge in [0.2, 0.25) is 0 Å². The molecule has 0 saturated heterocycles. The average molecular weight is 390 g/mol. The molecule has 9 nitrogen and oxygen atoms in total. The summed E-state index contributed by atoms with van der Waals surface area (Å²) in [5.74, 6) is 0.571. The molecule has 27 heavy (non-hydrogen) atoms. The third kappa shape index (κ3) is 3.98. The summed E-state index contributed by atoms with van der Waals surface area (Å²) < 4.78 is 12.3. The molecular formula is C17H18ClN6O3+. The molecule has 2 N–H and O–H groups in total. The van der Waals surface area contributed by atoms with Crippen molar-refractivity contribution in [1.82, 2.24) is 20.3 Å². The van der Waals surface area contributed by atoms with Gasteiger partial charge in [-0.3, -0.25) is 0 Å². The number of nitrogens with one attached hydrogen (secondary N) is 2. The molecule has 0 aliphatic rings. The minimum atomic E-state index is -0.600. The van der Waals surface area contributed by atoms with Crippen LogP contribution < -0.4 is 14.7 Å². The fourth-order valence-corrected chi connectivity index (χ4v) is 2.65. The SMILES string of the molecule is CCOC(=O)c1nnc(Cl)cc1Nc1cccc(-c2nc[n+](C)[nH]2)c1OC. The highest BCUT2D eigenvalue weighted by molar-refractivity contribution is 6.29. The molecule has 0 spiro atoms. The lowest BCUT2D eigenvalue weighted by molar-refractivity contribution is -0.727. The zero-order valence-corrected chi connectivity index (χ0v) is 15.7. The zero-order valence-electron chi connectivity index (χ0n) is 15.0. The summed E-state index contributed by atoms with van der Waals surface area (Å²) in [6.07, 6.45) is 1.65. The molecule has 0 bridgehead atoms. The number of carbonyl (C=O) groups excluding carboxylic acids is 1. The molecule has 3 aromatic rings. The van der Waals surface area contributed by atoms with Crippen molar-refractivity contribution in [2.45, 2.75) is 6.92 Å². The third-order valence-corrected chi connectivity index (χ3v) is 3.80. The van der Waals surface area contributed by atoms with Crippen LogP contribution in [0.25, 0.3) is 11.4 Å². The Bertz CT molecular complexity index is 975. The average Bonchev–Trinajstić information content (AvgIpc) is 3.08. The van der Waals surface area contributed by atoms with Crippen LogP contribution in [0, 0.1) is 0 Å². The molecule has 0 unspecified atom stereocenters. The van der Waals surface area contributed by atoms with E-state index in [-0.39, 0.29) is 17.5 Å². The fourth-order valence-electron chi connectivity index (χ4n) is 2.50. The van der Waals surface area contributed by atoms with Gasteiger partial charge in [0, 0.05) is 6.07 Å². The number of halogens is 1. The molecular weight excluding hydrogens is 372 g/mol. The monoisotopic (exact) mass is 389 g/mol. The number of para-hydroxylation sites is 1. The van der Waals surface area contributed by atoms with Crippen LogP contribution in [0.1, 0.15) is 17.4 Å². The molecule has 0 saturated carbocycles. The highest BCUT2D eigenvalue weighted by Crippen LogP contribution is 2.36. The Morgan fingerprint density at radius 2 is 2.15 bits per heavy atom. The first-order chi connectivity index (χ1) is 13.0. The summed E-state index contributed by atoms with van der Waals surface area (Å²) in [5, 5.41) is 13.9. The number of aryl methyl sites for hydroxylation is 1. The van der Waals surface area contributed by atoms with E-state index in [0.29, 0.717) is 22.9 Å². The number of aromatic nitrogens is 5. The molecule has 0 atom stereocenters. The summed E-state index contributed by atoms with van der Waals surface area (Å²) in [6.45, 7) is 1.93. The number of esters is 1. The highest BCUT2D eigenvalue weighted by Gasteiger charge is 2.21. The van der Waals surface area contributed by atoms with Crippen molar-refractivity contribution in [2.75, 3.05) is 19.0 Å². The Labute approximate surface area is 160 Å². The molecule has 140 valence electrons. The minimum Gasteiger partial charge on any atom is -0.494 e. The maximum absolute atomic E-state index is 12.2. The van der Waals surface area contributed by atoms with Crippen molar-refractivity contribution in [3.63, 3.8) is 0 Å². The number of hydrogen-bond acceptors (Lipinski definition) is 7. The van der Waals surface area contributed by atoms with Crippen molar-refractivity contribution in [1.29, 1.82) is 0 Å². The van der Waals surface area contributed by atoms with Crippen LogP contribution >= 0.6 is 11.6 Å². The number of benzene rings is 1. The van der Waals surface area contributed by atoms with Crippen LogP contribution in [0.2, 0.25) is 5.15 Å². The molecule has 2 aromatic heterocycles. The van der Waals surface area contributed by atoms with Gasteiger partial charge in [-0.05, 0) is 24.0 Å². The van der Waals surface area contributed by atoms with Gasteiger partial charge in [0.05, 0.1) is 30.7 Å². The topological polar surface area (TPSA) is 106 Å². The maximum Gasteiger partial charge on any atom is 0.361 e. The van der Waals surface area contributed by atoms with Gasteiger partial charge in [0.15, 0.2) is 16.6 Å². The Kier molecular flexibility index (Phi) is 5.51. The second kappa shape index (κ2) is 8.00.